The molecule has 0 radical (unpaired) electrons. The molecule has 0 aliphatic heterocycles. The van der Waals surface area contributed by atoms with E-state index < -0.39 is 5.54 Å². The zero-order valence-corrected chi connectivity index (χ0v) is 12.2. The molecule has 1 rings (SSSR count). The fourth-order valence-electron chi connectivity index (χ4n) is 2.01. The number of benzene rings is 1. The van der Waals surface area contributed by atoms with Gasteiger partial charge in [-0.2, -0.15) is 0 Å². The molecule has 19 heavy (non-hydrogen) atoms. The Labute approximate surface area is 115 Å². The van der Waals surface area contributed by atoms with E-state index in [0.717, 1.165) is 11.3 Å². The molecule has 1 amide bonds. The van der Waals surface area contributed by atoms with Crippen LogP contribution in [0.5, 0.6) is 5.75 Å². The van der Waals surface area contributed by atoms with Crippen molar-refractivity contribution >= 4 is 5.91 Å². The van der Waals surface area contributed by atoms with Crippen molar-refractivity contribution in [3.05, 3.63) is 29.8 Å². The number of hydrogen-bond acceptors (Lipinski definition) is 3. The summed E-state index contributed by atoms with van der Waals surface area (Å²) in [5.74, 6) is 0.654. The average Bonchev–Trinajstić information content (AvgIpc) is 2.45. The van der Waals surface area contributed by atoms with Gasteiger partial charge in [0.25, 0.3) is 0 Å². The second-order valence-corrected chi connectivity index (χ2v) is 4.80. The van der Waals surface area contributed by atoms with Gasteiger partial charge in [-0.1, -0.05) is 32.0 Å². The summed E-state index contributed by atoms with van der Waals surface area (Å²) in [6.45, 7) is 5.79. The van der Waals surface area contributed by atoms with Crippen LogP contribution in [0, 0.1) is 0 Å². The first-order chi connectivity index (χ1) is 8.98. The summed E-state index contributed by atoms with van der Waals surface area (Å²) in [6, 6.07) is 7.52. The highest BCUT2D eigenvalue weighted by atomic mass is 16.5. The molecule has 0 spiro atoms. The van der Waals surface area contributed by atoms with Crippen molar-refractivity contribution < 1.29 is 9.53 Å². The van der Waals surface area contributed by atoms with Crippen molar-refractivity contribution in [2.75, 3.05) is 7.11 Å². The fraction of sp³-hybridized carbons (Fsp3) is 0.533. The Balaban J connectivity index is 2.85. The number of para-hydroxylation sites is 1. The lowest BCUT2D eigenvalue weighted by atomic mass is 9.92. The third-order valence-electron chi connectivity index (χ3n) is 3.67. The monoisotopic (exact) mass is 264 g/mol. The van der Waals surface area contributed by atoms with Gasteiger partial charge in [-0.3, -0.25) is 4.79 Å². The highest BCUT2D eigenvalue weighted by Gasteiger charge is 2.31. The van der Waals surface area contributed by atoms with Gasteiger partial charge >= 0.3 is 0 Å². The molecule has 1 atom stereocenters. The van der Waals surface area contributed by atoms with Crippen LogP contribution in [0.25, 0.3) is 0 Å². The van der Waals surface area contributed by atoms with Crippen LogP contribution in [0.4, 0.5) is 0 Å². The molecule has 1 aromatic carbocycles. The molecular weight excluding hydrogens is 240 g/mol. The Kier molecular flexibility index (Phi) is 5.36. The largest absolute Gasteiger partial charge is 0.496 e. The molecule has 0 aromatic heterocycles. The maximum atomic E-state index is 12.2. The maximum Gasteiger partial charge on any atom is 0.240 e. The third-order valence-corrected chi connectivity index (χ3v) is 3.67. The van der Waals surface area contributed by atoms with E-state index in [0.29, 0.717) is 12.8 Å². The van der Waals surface area contributed by atoms with Crippen LogP contribution in [-0.4, -0.2) is 18.6 Å². The predicted molar refractivity (Wildman–Crippen MR) is 77.1 cm³/mol. The Morgan fingerprint density at radius 1 is 1.37 bits per heavy atom. The molecule has 0 saturated carbocycles. The average molecular weight is 264 g/mol. The van der Waals surface area contributed by atoms with E-state index in [-0.39, 0.29) is 11.9 Å². The van der Waals surface area contributed by atoms with E-state index in [4.69, 9.17) is 10.5 Å². The van der Waals surface area contributed by atoms with Crippen molar-refractivity contribution in [3.63, 3.8) is 0 Å². The Morgan fingerprint density at radius 3 is 2.47 bits per heavy atom. The van der Waals surface area contributed by atoms with E-state index in [1.165, 1.54) is 0 Å². The van der Waals surface area contributed by atoms with Gasteiger partial charge in [-0.25, -0.2) is 0 Å². The normalized spacial score (nSPS) is 12.9. The number of rotatable bonds is 6. The standard InChI is InChI=1S/C15H24N2O2/c1-5-15(16,6-2)14(18)17-11(3)12-9-7-8-10-13(12)19-4/h7-11H,5-6,16H2,1-4H3,(H,17,18)/t11-/m0/s1. The number of nitrogens with two attached hydrogens (primary N) is 1. The Morgan fingerprint density at radius 2 is 1.95 bits per heavy atom. The fourth-order valence-corrected chi connectivity index (χ4v) is 2.01. The topological polar surface area (TPSA) is 64.4 Å². The highest BCUT2D eigenvalue weighted by molar-refractivity contribution is 5.86. The van der Waals surface area contributed by atoms with E-state index in [9.17, 15) is 4.79 Å². The van der Waals surface area contributed by atoms with Crippen LogP contribution in [0.1, 0.15) is 45.2 Å². The highest BCUT2D eigenvalue weighted by Crippen LogP contribution is 2.25. The first-order valence-corrected chi connectivity index (χ1v) is 6.71. The van der Waals surface area contributed by atoms with Gasteiger partial charge < -0.3 is 15.8 Å². The van der Waals surface area contributed by atoms with Gasteiger partial charge in [0, 0.05) is 5.56 Å². The molecular formula is C15H24N2O2. The Bertz CT molecular complexity index is 428. The molecule has 0 bridgehead atoms. The minimum Gasteiger partial charge on any atom is -0.496 e. The lowest BCUT2D eigenvalue weighted by molar-refractivity contribution is -0.127. The SMILES string of the molecule is CCC(N)(CC)C(=O)N[C@@H](C)c1ccccc1OC. The van der Waals surface area contributed by atoms with E-state index >= 15 is 0 Å². The van der Waals surface area contributed by atoms with E-state index in [1.807, 2.05) is 45.0 Å². The molecule has 0 heterocycles. The minimum atomic E-state index is -0.795. The minimum absolute atomic E-state index is 0.115. The van der Waals surface area contributed by atoms with Gasteiger partial charge in [0.1, 0.15) is 5.75 Å². The van der Waals surface area contributed by atoms with Crippen LogP contribution in [0.2, 0.25) is 0 Å². The quantitative estimate of drug-likeness (QED) is 0.829. The number of carbonyl (C=O) groups is 1. The van der Waals surface area contributed by atoms with Crippen LogP contribution in [-0.2, 0) is 4.79 Å². The molecule has 4 nitrogen and oxygen atoms in total. The van der Waals surface area contributed by atoms with Gasteiger partial charge in [-0.05, 0) is 25.8 Å². The zero-order chi connectivity index (χ0) is 14.5. The molecule has 0 aliphatic rings. The molecule has 4 heteroatoms. The van der Waals surface area contributed by atoms with Gasteiger partial charge in [-0.15, -0.1) is 0 Å². The first kappa shape index (κ1) is 15.5. The summed E-state index contributed by atoms with van der Waals surface area (Å²) in [4.78, 5) is 12.2. The molecule has 0 fully saturated rings. The van der Waals surface area contributed by atoms with Crippen LogP contribution >= 0.6 is 0 Å². The van der Waals surface area contributed by atoms with Crippen molar-refractivity contribution in [1.82, 2.24) is 5.32 Å². The van der Waals surface area contributed by atoms with Gasteiger partial charge in [0.2, 0.25) is 5.91 Å². The van der Waals surface area contributed by atoms with Gasteiger partial charge in [0.05, 0.1) is 18.7 Å². The number of nitrogens with one attached hydrogen (secondary N) is 1. The molecule has 0 unspecified atom stereocenters. The number of methoxy groups -OCH3 is 1. The molecule has 3 N–H and O–H groups in total. The third kappa shape index (κ3) is 3.47. The van der Waals surface area contributed by atoms with Crippen molar-refractivity contribution in [3.8, 4) is 5.75 Å². The summed E-state index contributed by atoms with van der Waals surface area (Å²) < 4.78 is 5.30. The lowest BCUT2D eigenvalue weighted by Gasteiger charge is -2.28. The summed E-state index contributed by atoms with van der Waals surface area (Å²) in [5, 5.41) is 2.97. The zero-order valence-electron chi connectivity index (χ0n) is 12.2. The Hall–Kier alpha value is -1.55. The lowest BCUT2D eigenvalue weighted by Crippen LogP contribution is -2.53. The summed E-state index contributed by atoms with van der Waals surface area (Å²) in [6.07, 6.45) is 1.24. The second-order valence-electron chi connectivity index (χ2n) is 4.80. The van der Waals surface area contributed by atoms with Crippen LogP contribution in [0.15, 0.2) is 24.3 Å². The molecule has 0 aliphatic carbocycles. The van der Waals surface area contributed by atoms with Gasteiger partial charge in [0.15, 0.2) is 0 Å². The summed E-state index contributed by atoms with van der Waals surface area (Å²) >= 11 is 0. The maximum absolute atomic E-state index is 12.2. The number of amides is 1. The molecule has 1 aromatic rings. The van der Waals surface area contributed by atoms with E-state index in [2.05, 4.69) is 5.32 Å². The predicted octanol–water partition coefficient (Wildman–Crippen LogP) is 2.39. The molecule has 106 valence electrons. The second kappa shape index (κ2) is 6.57. The number of ether oxygens (including phenoxy) is 1. The molecule has 0 saturated heterocycles. The number of hydrogen-bond donors (Lipinski definition) is 2. The first-order valence-electron chi connectivity index (χ1n) is 6.71. The van der Waals surface area contributed by atoms with Crippen LogP contribution < -0.4 is 15.8 Å². The van der Waals surface area contributed by atoms with E-state index in [1.54, 1.807) is 7.11 Å². The van der Waals surface area contributed by atoms with Crippen molar-refractivity contribution in [2.24, 2.45) is 5.73 Å². The smallest absolute Gasteiger partial charge is 0.240 e. The van der Waals surface area contributed by atoms with Crippen molar-refractivity contribution in [1.29, 1.82) is 0 Å². The number of carbonyl (C=O) groups excluding carboxylic acids is 1. The van der Waals surface area contributed by atoms with Crippen LogP contribution in [0.3, 0.4) is 0 Å². The summed E-state index contributed by atoms with van der Waals surface area (Å²) in [5.41, 5.74) is 6.25. The van der Waals surface area contributed by atoms with Crippen molar-refractivity contribution in [2.45, 2.75) is 45.2 Å². The summed E-state index contributed by atoms with van der Waals surface area (Å²) in [7, 11) is 1.62.